The van der Waals surface area contributed by atoms with Crippen molar-refractivity contribution >= 4 is 11.3 Å². The van der Waals surface area contributed by atoms with Crippen LogP contribution in [0.1, 0.15) is 30.6 Å². The fourth-order valence-corrected chi connectivity index (χ4v) is 4.04. The molecule has 3 rings (SSSR count). The summed E-state index contributed by atoms with van der Waals surface area (Å²) < 4.78 is 0. The minimum atomic E-state index is 0.545. The number of thiophene rings is 1. The molecule has 1 aliphatic carbocycles. The predicted molar refractivity (Wildman–Crippen MR) is 88.0 cm³/mol. The van der Waals surface area contributed by atoms with E-state index in [-0.39, 0.29) is 0 Å². The van der Waals surface area contributed by atoms with Crippen molar-refractivity contribution in [3.63, 3.8) is 0 Å². The molecule has 1 fully saturated rings. The Morgan fingerprint density at radius 1 is 1.14 bits per heavy atom. The highest BCUT2D eigenvalue weighted by molar-refractivity contribution is 7.10. The Labute approximate surface area is 130 Å². The predicted octanol–water partition coefficient (Wildman–Crippen LogP) is 4.68. The highest BCUT2D eigenvalue weighted by Gasteiger charge is 2.22. The molecule has 0 saturated heterocycles. The number of hydrogen-bond donors (Lipinski definition) is 0. The van der Waals surface area contributed by atoms with Crippen molar-refractivity contribution in [2.75, 3.05) is 6.54 Å². The van der Waals surface area contributed by atoms with Crippen LogP contribution in [-0.2, 0) is 6.54 Å². The molecule has 1 heterocycles. The third kappa shape index (κ3) is 3.53. The van der Waals surface area contributed by atoms with Gasteiger partial charge in [0.25, 0.3) is 0 Å². The van der Waals surface area contributed by atoms with E-state index in [0.717, 1.165) is 6.54 Å². The maximum absolute atomic E-state index is 9.07. The van der Waals surface area contributed by atoms with Crippen molar-refractivity contribution in [2.24, 2.45) is 0 Å². The summed E-state index contributed by atoms with van der Waals surface area (Å²) in [6.07, 6.45) is 5.12. The molecule has 2 nitrogen and oxygen atoms in total. The second kappa shape index (κ2) is 6.89. The molecule has 21 heavy (non-hydrogen) atoms. The lowest BCUT2D eigenvalue weighted by atomic mass is 10.1. The van der Waals surface area contributed by atoms with Gasteiger partial charge in [0, 0.05) is 17.5 Å². The second-order valence-corrected chi connectivity index (χ2v) is 6.66. The molecule has 0 atom stereocenters. The fraction of sp³-hybridized carbons (Fsp3) is 0.389. The first-order valence-electron chi connectivity index (χ1n) is 7.60. The van der Waals surface area contributed by atoms with Crippen molar-refractivity contribution in [2.45, 2.75) is 38.3 Å². The summed E-state index contributed by atoms with van der Waals surface area (Å²) in [5.74, 6) is 0. The van der Waals surface area contributed by atoms with E-state index < -0.39 is 0 Å². The molecule has 108 valence electrons. The van der Waals surface area contributed by atoms with Gasteiger partial charge in [-0.15, -0.1) is 11.3 Å². The van der Waals surface area contributed by atoms with Crippen molar-refractivity contribution < 1.29 is 0 Å². The number of nitriles is 1. The summed E-state index contributed by atoms with van der Waals surface area (Å²) in [4.78, 5) is 3.71. The summed E-state index contributed by atoms with van der Waals surface area (Å²) in [5.41, 5.74) is 2.56. The largest absolute Gasteiger partial charge is 0.282 e. The monoisotopic (exact) mass is 296 g/mol. The molecule has 2 aromatic rings. The average Bonchev–Trinajstić information content (AvgIpc) is 3.19. The number of rotatable bonds is 5. The third-order valence-corrected chi connectivity index (χ3v) is 5.16. The number of hydrogen-bond acceptors (Lipinski definition) is 3. The summed E-state index contributed by atoms with van der Waals surface area (Å²) >= 11 is 1.81. The molecular formula is C18H20N2S. The molecule has 0 spiro atoms. The fourth-order valence-electron chi connectivity index (χ4n) is 3.12. The molecular weight excluding hydrogens is 276 g/mol. The zero-order valence-electron chi connectivity index (χ0n) is 12.2. The van der Waals surface area contributed by atoms with Gasteiger partial charge in [0.15, 0.2) is 0 Å². The molecule has 1 aliphatic rings. The van der Waals surface area contributed by atoms with Crippen LogP contribution in [0, 0.1) is 11.3 Å². The van der Waals surface area contributed by atoms with Gasteiger partial charge in [0.05, 0.1) is 12.6 Å². The Morgan fingerprint density at radius 2 is 1.90 bits per heavy atom. The van der Waals surface area contributed by atoms with Crippen LogP contribution in [0.2, 0.25) is 0 Å². The van der Waals surface area contributed by atoms with E-state index in [1.807, 2.05) is 6.07 Å². The van der Waals surface area contributed by atoms with E-state index in [1.165, 1.54) is 41.7 Å². The van der Waals surface area contributed by atoms with Crippen LogP contribution in [0.25, 0.3) is 11.1 Å². The molecule has 0 radical (unpaired) electrons. The van der Waals surface area contributed by atoms with Gasteiger partial charge in [0.2, 0.25) is 0 Å². The lowest BCUT2D eigenvalue weighted by Crippen LogP contribution is -2.32. The van der Waals surface area contributed by atoms with E-state index in [4.69, 9.17) is 5.26 Å². The molecule has 1 aromatic heterocycles. The third-order valence-electron chi connectivity index (χ3n) is 4.23. The highest BCUT2D eigenvalue weighted by Crippen LogP contribution is 2.29. The molecule has 0 amide bonds. The zero-order valence-corrected chi connectivity index (χ0v) is 13.0. The van der Waals surface area contributed by atoms with Crippen LogP contribution in [0.5, 0.6) is 0 Å². The molecule has 0 aliphatic heterocycles. The topological polar surface area (TPSA) is 27.0 Å². The lowest BCUT2D eigenvalue weighted by Gasteiger charge is -2.25. The van der Waals surface area contributed by atoms with Crippen molar-refractivity contribution in [1.29, 1.82) is 5.26 Å². The van der Waals surface area contributed by atoms with E-state index in [0.29, 0.717) is 12.6 Å². The average molecular weight is 296 g/mol. The van der Waals surface area contributed by atoms with Gasteiger partial charge in [-0.2, -0.15) is 5.26 Å². The smallest absolute Gasteiger partial charge is 0.0871 e. The van der Waals surface area contributed by atoms with E-state index in [2.05, 4.69) is 46.7 Å². The Bertz CT molecular complexity index is 606. The van der Waals surface area contributed by atoms with Crippen LogP contribution in [0.15, 0.2) is 41.8 Å². The van der Waals surface area contributed by atoms with Gasteiger partial charge >= 0.3 is 0 Å². The molecule has 1 saturated carbocycles. The first-order valence-corrected chi connectivity index (χ1v) is 8.48. The maximum Gasteiger partial charge on any atom is 0.0871 e. The molecule has 0 unspecified atom stereocenters. The molecule has 3 heteroatoms. The van der Waals surface area contributed by atoms with Crippen molar-refractivity contribution in [3.05, 3.63) is 46.7 Å². The Hall–Kier alpha value is -1.63. The summed E-state index contributed by atoms with van der Waals surface area (Å²) in [6, 6.07) is 15.7. The van der Waals surface area contributed by atoms with Gasteiger partial charge < -0.3 is 0 Å². The Balaban J connectivity index is 1.72. The van der Waals surface area contributed by atoms with Crippen LogP contribution in [0.4, 0.5) is 0 Å². The summed E-state index contributed by atoms with van der Waals surface area (Å²) in [6.45, 7) is 1.46. The van der Waals surface area contributed by atoms with Gasteiger partial charge in [-0.05, 0) is 35.4 Å². The lowest BCUT2D eigenvalue weighted by molar-refractivity contribution is 0.216. The van der Waals surface area contributed by atoms with Crippen molar-refractivity contribution in [3.8, 4) is 17.2 Å². The highest BCUT2D eigenvalue weighted by atomic mass is 32.1. The van der Waals surface area contributed by atoms with Crippen LogP contribution >= 0.6 is 11.3 Å². The van der Waals surface area contributed by atoms with Crippen molar-refractivity contribution in [1.82, 2.24) is 4.90 Å². The normalized spacial score (nSPS) is 15.4. The Kier molecular flexibility index (Phi) is 4.69. The maximum atomic E-state index is 9.07. The molecule has 0 bridgehead atoms. The zero-order chi connectivity index (χ0) is 14.5. The number of benzene rings is 1. The van der Waals surface area contributed by atoms with E-state index in [9.17, 15) is 0 Å². The second-order valence-electron chi connectivity index (χ2n) is 5.67. The quantitative estimate of drug-likeness (QED) is 0.749. The summed E-state index contributed by atoms with van der Waals surface area (Å²) in [7, 11) is 0. The van der Waals surface area contributed by atoms with Crippen LogP contribution in [0.3, 0.4) is 0 Å². The van der Waals surface area contributed by atoms with Gasteiger partial charge in [-0.3, -0.25) is 4.90 Å². The minimum absolute atomic E-state index is 0.545. The SMILES string of the molecule is N#CCN(Cc1cc(-c2ccccc2)cs1)C1CCCC1. The van der Waals surface area contributed by atoms with Crippen LogP contribution < -0.4 is 0 Å². The molecule has 1 aromatic carbocycles. The van der Waals surface area contributed by atoms with Gasteiger partial charge in [-0.1, -0.05) is 43.2 Å². The van der Waals surface area contributed by atoms with Gasteiger partial charge in [0.1, 0.15) is 0 Å². The first kappa shape index (κ1) is 14.3. The standard InChI is InChI=1S/C18H20N2S/c19-10-11-20(17-8-4-5-9-17)13-18-12-16(14-21-18)15-6-2-1-3-7-15/h1-3,6-7,12,14,17H,4-5,8-9,11,13H2. The van der Waals surface area contributed by atoms with E-state index >= 15 is 0 Å². The van der Waals surface area contributed by atoms with Crippen LogP contribution in [-0.4, -0.2) is 17.5 Å². The Morgan fingerprint density at radius 3 is 2.62 bits per heavy atom. The number of nitrogens with zero attached hydrogens (tertiary/aromatic N) is 2. The molecule has 0 N–H and O–H groups in total. The van der Waals surface area contributed by atoms with E-state index in [1.54, 1.807) is 11.3 Å². The minimum Gasteiger partial charge on any atom is -0.282 e. The van der Waals surface area contributed by atoms with Gasteiger partial charge in [-0.25, -0.2) is 0 Å². The first-order chi connectivity index (χ1) is 10.4. The summed E-state index contributed by atoms with van der Waals surface area (Å²) in [5, 5.41) is 11.3.